The van der Waals surface area contributed by atoms with Gasteiger partial charge in [0.1, 0.15) is 0 Å². The smallest absolute Gasteiger partial charge is 0.213 e. The Balaban J connectivity index is 1.86. The SMILES string of the molecule is CC(CNS(=O)(=O)C(C)C)C1CC=C(c2ccc(CCNS(=O)(=O)C(C)C)cc2)CC1. The Labute approximate surface area is 189 Å². The van der Waals surface area contributed by atoms with Gasteiger partial charge in [0.05, 0.1) is 10.5 Å². The minimum Gasteiger partial charge on any atom is -0.215 e. The molecule has 2 atom stereocenters. The van der Waals surface area contributed by atoms with Crippen molar-refractivity contribution in [2.75, 3.05) is 13.1 Å². The molecule has 0 saturated heterocycles. The highest BCUT2D eigenvalue weighted by Crippen LogP contribution is 2.34. The molecule has 1 aliphatic rings. The molecule has 1 aliphatic carbocycles. The summed E-state index contributed by atoms with van der Waals surface area (Å²) in [6.45, 7) is 9.74. The summed E-state index contributed by atoms with van der Waals surface area (Å²) in [5.74, 6) is 0.773. The second-order valence-corrected chi connectivity index (χ2v) is 13.8. The molecule has 0 bridgehead atoms. The molecule has 0 aromatic heterocycles. The van der Waals surface area contributed by atoms with Crippen LogP contribution in [-0.2, 0) is 26.5 Å². The number of rotatable bonds is 11. The van der Waals surface area contributed by atoms with E-state index in [1.54, 1.807) is 27.7 Å². The lowest BCUT2D eigenvalue weighted by molar-refractivity contribution is 0.334. The van der Waals surface area contributed by atoms with E-state index in [0.29, 0.717) is 31.3 Å². The Hall–Kier alpha value is -1.22. The molecule has 6 nitrogen and oxygen atoms in total. The summed E-state index contributed by atoms with van der Waals surface area (Å²) in [4.78, 5) is 0. The van der Waals surface area contributed by atoms with Crippen LogP contribution >= 0.6 is 0 Å². The highest BCUT2D eigenvalue weighted by molar-refractivity contribution is 7.90. The average Bonchev–Trinajstić information content (AvgIpc) is 2.72. The molecule has 176 valence electrons. The van der Waals surface area contributed by atoms with Gasteiger partial charge in [-0.3, -0.25) is 0 Å². The van der Waals surface area contributed by atoms with Crippen LogP contribution in [0, 0.1) is 11.8 Å². The van der Waals surface area contributed by atoms with Gasteiger partial charge in [0.25, 0.3) is 0 Å². The fourth-order valence-corrected chi connectivity index (χ4v) is 5.15. The molecule has 2 rings (SSSR count). The molecule has 0 fully saturated rings. The molecule has 31 heavy (non-hydrogen) atoms. The number of allylic oxidation sites excluding steroid dienone is 2. The predicted molar refractivity (Wildman–Crippen MR) is 129 cm³/mol. The van der Waals surface area contributed by atoms with Crippen LogP contribution in [0.5, 0.6) is 0 Å². The van der Waals surface area contributed by atoms with Crippen molar-refractivity contribution >= 4 is 25.6 Å². The number of benzene rings is 1. The third-order valence-electron chi connectivity index (χ3n) is 6.15. The van der Waals surface area contributed by atoms with Crippen LogP contribution < -0.4 is 9.44 Å². The Morgan fingerprint density at radius 2 is 1.48 bits per heavy atom. The van der Waals surface area contributed by atoms with Crippen LogP contribution in [0.25, 0.3) is 5.57 Å². The van der Waals surface area contributed by atoms with E-state index in [0.717, 1.165) is 24.8 Å². The first-order chi connectivity index (χ1) is 14.4. The van der Waals surface area contributed by atoms with E-state index in [-0.39, 0.29) is 0 Å². The Bertz CT molecular complexity index is 950. The predicted octanol–water partition coefficient (Wildman–Crippen LogP) is 3.70. The molecule has 1 aromatic rings. The minimum absolute atomic E-state index is 0.295. The van der Waals surface area contributed by atoms with Crippen molar-refractivity contribution in [1.29, 1.82) is 0 Å². The van der Waals surface area contributed by atoms with Crippen molar-refractivity contribution in [3.63, 3.8) is 0 Å². The van der Waals surface area contributed by atoms with Gasteiger partial charge in [0, 0.05) is 13.1 Å². The van der Waals surface area contributed by atoms with Crippen molar-refractivity contribution < 1.29 is 16.8 Å². The summed E-state index contributed by atoms with van der Waals surface area (Å²) in [6.07, 6.45) is 5.94. The van der Waals surface area contributed by atoms with Crippen molar-refractivity contribution in [3.05, 3.63) is 41.5 Å². The van der Waals surface area contributed by atoms with Gasteiger partial charge in [-0.2, -0.15) is 0 Å². The summed E-state index contributed by atoms with van der Waals surface area (Å²) < 4.78 is 53.0. The van der Waals surface area contributed by atoms with Crippen LogP contribution in [0.4, 0.5) is 0 Å². The molecule has 0 radical (unpaired) electrons. The highest BCUT2D eigenvalue weighted by atomic mass is 32.2. The lowest BCUT2D eigenvalue weighted by atomic mass is 9.80. The average molecular weight is 471 g/mol. The maximum atomic E-state index is 12.0. The topological polar surface area (TPSA) is 92.3 Å². The van der Waals surface area contributed by atoms with E-state index in [2.05, 4.69) is 46.7 Å². The maximum absolute atomic E-state index is 12.0. The van der Waals surface area contributed by atoms with E-state index in [1.807, 2.05) is 0 Å². The van der Waals surface area contributed by atoms with E-state index in [4.69, 9.17) is 0 Å². The van der Waals surface area contributed by atoms with E-state index < -0.39 is 30.5 Å². The van der Waals surface area contributed by atoms with Crippen molar-refractivity contribution in [1.82, 2.24) is 9.44 Å². The lowest BCUT2D eigenvalue weighted by Gasteiger charge is -2.28. The van der Waals surface area contributed by atoms with Crippen molar-refractivity contribution in [2.24, 2.45) is 11.8 Å². The van der Waals surface area contributed by atoms with Crippen LogP contribution in [-0.4, -0.2) is 40.4 Å². The van der Waals surface area contributed by atoms with Crippen molar-refractivity contribution in [3.8, 4) is 0 Å². The molecule has 2 unspecified atom stereocenters. The van der Waals surface area contributed by atoms with Gasteiger partial charge in [0.15, 0.2) is 0 Å². The van der Waals surface area contributed by atoms with Gasteiger partial charge in [0.2, 0.25) is 20.0 Å². The molecule has 2 N–H and O–H groups in total. The molecule has 0 aliphatic heterocycles. The molecular weight excluding hydrogens is 432 g/mol. The van der Waals surface area contributed by atoms with Gasteiger partial charge in [-0.05, 0) is 81.9 Å². The van der Waals surface area contributed by atoms with Crippen LogP contribution in [0.3, 0.4) is 0 Å². The lowest BCUT2D eigenvalue weighted by Crippen LogP contribution is -2.36. The van der Waals surface area contributed by atoms with Gasteiger partial charge >= 0.3 is 0 Å². The fraction of sp³-hybridized carbons (Fsp3) is 0.652. The maximum Gasteiger partial charge on any atom is 0.213 e. The van der Waals surface area contributed by atoms with Crippen molar-refractivity contribution in [2.45, 2.75) is 70.8 Å². The molecule has 0 amide bonds. The number of hydrogen-bond acceptors (Lipinski definition) is 4. The van der Waals surface area contributed by atoms with Gasteiger partial charge in [-0.25, -0.2) is 26.3 Å². The third-order valence-corrected chi connectivity index (χ3v) is 9.80. The monoisotopic (exact) mass is 470 g/mol. The number of sulfonamides is 2. The van der Waals surface area contributed by atoms with E-state index in [1.165, 1.54) is 11.1 Å². The first kappa shape index (κ1) is 26.0. The van der Waals surface area contributed by atoms with Crippen LogP contribution in [0.1, 0.15) is 65.0 Å². The Morgan fingerprint density at radius 3 is 2.00 bits per heavy atom. The zero-order valence-corrected chi connectivity index (χ0v) is 21.0. The summed E-state index contributed by atoms with van der Waals surface area (Å²) in [5.41, 5.74) is 3.65. The minimum atomic E-state index is -3.22. The molecule has 8 heteroatoms. The molecule has 1 aromatic carbocycles. The largest absolute Gasteiger partial charge is 0.215 e. The third kappa shape index (κ3) is 7.70. The summed E-state index contributed by atoms with van der Waals surface area (Å²) >= 11 is 0. The Kier molecular flexibility index (Phi) is 9.30. The molecular formula is C23H38N2O4S2. The van der Waals surface area contributed by atoms with Gasteiger partial charge in [-0.1, -0.05) is 37.3 Å². The summed E-state index contributed by atoms with van der Waals surface area (Å²) in [7, 11) is -6.43. The second-order valence-electron chi connectivity index (χ2n) is 9.12. The first-order valence-electron chi connectivity index (χ1n) is 11.2. The second kappa shape index (κ2) is 11.1. The quantitative estimate of drug-likeness (QED) is 0.516. The zero-order valence-electron chi connectivity index (χ0n) is 19.4. The highest BCUT2D eigenvalue weighted by Gasteiger charge is 2.23. The number of hydrogen-bond donors (Lipinski definition) is 2. The molecule has 0 heterocycles. The first-order valence-corrected chi connectivity index (χ1v) is 14.3. The Morgan fingerprint density at radius 1 is 0.903 bits per heavy atom. The van der Waals surface area contributed by atoms with Gasteiger partial charge < -0.3 is 0 Å². The zero-order chi connectivity index (χ0) is 23.2. The normalized spacial score (nSPS) is 18.9. The summed E-state index contributed by atoms with van der Waals surface area (Å²) in [6, 6.07) is 8.35. The van der Waals surface area contributed by atoms with Crippen LogP contribution in [0.15, 0.2) is 30.3 Å². The fourth-order valence-electron chi connectivity index (χ4n) is 3.60. The van der Waals surface area contributed by atoms with Gasteiger partial charge in [-0.15, -0.1) is 0 Å². The number of nitrogens with one attached hydrogen (secondary N) is 2. The summed E-state index contributed by atoms with van der Waals surface area (Å²) in [5, 5.41) is -0.828. The van der Waals surface area contributed by atoms with E-state index >= 15 is 0 Å². The van der Waals surface area contributed by atoms with E-state index in [9.17, 15) is 16.8 Å². The standard InChI is InChI=1S/C23H38N2O4S2/c1-17(2)30(26,27)24-15-14-20-6-8-22(9-7-20)23-12-10-21(11-13-23)19(5)16-25-31(28,29)18(3)4/h6-9,12,17-19,21,24-25H,10-11,13-16H2,1-5H3. The molecule has 0 spiro atoms. The van der Waals surface area contributed by atoms with Crippen LogP contribution in [0.2, 0.25) is 0 Å². The molecule has 0 saturated carbocycles.